The van der Waals surface area contributed by atoms with Crippen LogP contribution in [0.2, 0.25) is 0 Å². The molecule has 2 heterocycles. The molecule has 3 aromatic rings. The van der Waals surface area contributed by atoms with Crippen molar-refractivity contribution in [3.63, 3.8) is 0 Å². The van der Waals surface area contributed by atoms with Crippen molar-refractivity contribution in [2.75, 3.05) is 6.66 Å². The highest BCUT2D eigenvalue weighted by Gasteiger charge is 2.18. The first kappa shape index (κ1) is 16.6. The molecular weight excluding hydrogens is 325 g/mol. The van der Waals surface area contributed by atoms with Gasteiger partial charge in [-0.2, -0.15) is 4.67 Å². The minimum atomic E-state index is -2.14. The van der Waals surface area contributed by atoms with Crippen LogP contribution in [-0.4, -0.2) is 21.2 Å². The second-order valence-corrected chi connectivity index (χ2v) is 6.37. The Morgan fingerprint density at radius 2 is 1.79 bits per heavy atom. The number of pyridine rings is 1. The van der Waals surface area contributed by atoms with Gasteiger partial charge < -0.3 is 4.57 Å². The molecule has 0 aliphatic carbocycles. The summed E-state index contributed by atoms with van der Waals surface area (Å²) in [4.78, 5) is 13.8. The molecule has 0 N–H and O–H groups in total. The van der Waals surface area contributed by atoms with E-state index in [0.29, 0.717) is 5.82 Å². The number of hydrogen-bond acceptors (Lipinski definition) is 5. The molecule has 1 unspecified atom stereocenters. The van der Waals surface area contributed by atoms with Crippen LogP contribution in [0.15, 0.2) is 54.9 Å². The lowest BCUT2D eigenvalue weighted by molar-refractivity contribution is -0.213. The van der Waals surface area contributed by atoms with Crippen LogP contribution < -0.4 is 0 Å². The molecule has 2 aromatic heterocycles. The van der Waals surface area contributed by atoms with E-state index in [-0.39, 0.29) is 6.61 Å². The lowest BCUT2D eigenvalue weighted by atomic mass is 10.1. The fourth-order valence-electron chi connectivity index (χ4n) is 2.48. The quantitative estimate of drug-likeness (QED) is 0.388. The van der Waals surface area contributed by atoms with Gasteiger partial charge in [0.25, 0.3) is 0 Å². The van der Waals surface area contributed by atoms with Gasteiger partial charge in [-0.25, -0.2) is 9.87 Å². The number of hydrogen-bond donors (Lipinski definition) is 0. The molecule has 0 bridgehead atoms. The summed E-state index contributed by atoms with van der Waals surface area (Å²) in [6.07, 6.45) is 3.50. The Bertz CT molecular complexity index is 835. The summed E-state index contributed by atoms with van der Waals surface area (Å²) >= 11 is 0. The van der Waals surface area contributed by atoms with Crippen molar-refractivity contribution in [1.82, 2.24) is 14.5 Å². The van der Waals surface area contributed by atoms with Crippen LogP contribution in [0.25, 0.3) is 22.5 Å². The topological polar surface area (TPSA) is 66.2 Å². The lowest BCUT2D eigenvalue weighted by Gasteiger charge is -2.07. The zero-order valence-corrected chi connectivity index (χ0v) is 14.5. The van der Waals surface area contributed by atoms with Crippen molar-refractivity contribution in [2.24, 2.45) is 7.05 Å². The molecule has 0 saturated carbocycles. The maximum Gasteiger partial charge on any atom is 0.222 e. The third-order valence-electron chi connectivity index (χ3n) is 3.55. The predicted molar refractivity (Wildman–Crippen MR) is 92.7 cm³/mol. The molecule has 0 radical (unpaired) electrons. The second-order valence-electron chi connectivity index (χ2n) is 5.22. The predicted octanol–water partition coefficient (Wildman–Crippen LogP) is 3.70. The van der Waals surface area contributed by atoms with Gasteiger partial charge >= 0.3 is 0 Å². The molecule has 0 saturated heterocycles. The van der Waals surface area contributed by atoms with Gasteiger partial charge in [0.1, 0.15) is 12.4 Å². The third-order valence-corrected chi connectivity index (χ3v) is 3.91. The molecule has 3 rings (SSSR count). The first-order chi connectivity index (χ1) is 11.7. The maximum atomic E-state index is 11.0. The normalized spacial score (nSPS) is 12.2. The molecule has 124 valence electrons. The minimum Gasteiger partial charge on any atom is -0.329 e. The monoisotopic (exact) mass is 343 g/mol. The first-order valence-corrected chi connectivity index (χ1v) is 9.30. The summed E-state index contributed by atoms with van der Waals surface area (Å²) in [5, 5.41) is 0. The van der Waals surface area contributed by atoms with E-state index in [4.69, 9.17) is 14.5 Å². The standard InChI is InChI=1S/C17H18N3O3P/c1-20-15(12-22-23-24(2)21)19-16(13-6-4-3-5-7-13)17(20)14-8-10-18-11-9-14/h3-11,24H,12H2,1-2H3. The fraction of sp³-hybridized carbons (Fsp3) is 0.176. The van der Waals surface area contributed by atoms with Crippen LogP contribution >= 0.6 is 8.03 Å². The van der Waals surface area contributed by atoms with E-state index in [1.165, 1.54) is 6.66 Å². The molecule has 0 aliphatic rings. The van der Waals surface area contributed by atoms with Gasteiger partial charge in [-0.05, 0) is 12.1 Å². The van der Waals surface area contributed by atoms with Crippen molar-refractivity contribution >= 4 is 8.03 Å². The number of benzene rings is 1. The second kappa shape index (κ2) is 7.53. The van der Waals surface area contributed by atoms with Crippen molar-refractivity contribution in [3.8, 4) is 22.5 Å². The van der Waals surface area contributed by atoms with Crippen LogP contribution in [0.5, 0.6) is 0 Å². The molecule has 0 fully saturated rings. The van der Waals surface area contributed by atoms with Gasteiger partial charge in [-0.3, -0.25) is 9.55 Å². The van der Waals surface area contributed by atoms with Gasteiger partial charge in [0.05, 0.1) is 11.4 Å². The Kier molecular flexibility index (Phi) is 5.20. The Morgan fingerprint density at radius 3 is 2.46 bits per heavy atom. The van der Waals surface area contributed by atoms with Gasteiger partial charge in [0, 0.05) is 37.2 Å². The van der Waals surface area contributed by atoms with Gasteiger partial charge in [0.15, 0.2) is 0 Å². The molecule has 1 aromatic carbocycles. The highest BCUT2D eigenvalue weighted by atomic mass is 31.1. The molecule has 0 amide bonds. The van der Waals surface area contributed by atoms with Gasteiger partial charge in [-0.15, -0.1) is 0 Å². The van der Waals surface area contributed by atoms with Crippen LogP contribution in [0.3, 0.4) is 0 Å². The molecule has 6 nitrogen and oxygen atoms in total. The van der Waals surface area contributed by atoms with Gasteiger partial charge in [-0.1, -0.05) is 30.3 Å². The summed E-state index contributed by atoms with van der Waals surface area (Å²) in [5.41, 5.74) is 3.84. The minimum absolute atomic E-state index is 0.117. The molecular formula is C17H18N3O3P. The van der Waals surface area contributed by atoms with E-state index in [0.717, 1.165) is 22.5 Å². The van der Waals surface area contributed by atoms with Crippen LogP contribution in [0, 0.1) is 0 Å². The smallest absolute Gasteiger partial charge is 0.222 e. The molecule has 0 aliphatic heterocycles. The number of nitrogens with zero attached hydrogens (tertiary/aromatic N) is 3. The van der Waals surface area contributed by atoms with E-state index >= 15 is 0 Å². The van der Waals surface area contributed by atoms with Crippen molar-refractivity contribution in [2.45, 2.75) is 6.61 Å². The summed E-state index contributed by atoms with van der Waals surface area (Å²) in [6.45, 7) is 1.59. The van der Waals surface area contributed by atoms with Crippen LogP contribution in [-0.2, 0) is 27.8 Å². The number of aromatic nitrogens is 3. The van der Waals surface area contributed by atoms with E-state index in [9.17, 15) is 4.57 Å². The Morgan fingerprint density at radius 1 is 1.08 bits per heavy atom. The van der Waals surface area contributed by atoms with Crippen molar-refractivity contribution < 1.29 is 14.1 Å². The largest absolute Gasteiger partial charge is 0.329 e. The Balaban J connectivity index is 2.04. The zero-order chi connectivity index (χ0) is 16.9. The Labute approximate surface area is 140 Å². The lowest BCUT2D eigenvalue weighted by Crippen LogP contribution is -2.01. The highest BCUT2D eigenvalue weighted by Crippen LogP contribution is 2.32. The first-order valence-electron chi connectivity index (χ1n) is 7.48. The molecule has 1 atom stereocenters. The van der Waals surface area contributed by atoms with Crippen LogP contribution in [0.4, 0.5) is 0 Å². The number of imidazole rings is 1. The summed E-state index contributed by atoms with van der Waals surface area (Å²) in [5.74, 6) is 0.684. The van der Waals surface area contributed by atoms with E-state index in [2.05, 4.69) is 4.98 Å². The number of rotatable bonds is 6. The van der Waals surface area contributed by atoms with E-state index in [1.54, 1.807) is 12.4 Å². The highest BCUT2D eigenvalue weighted by molar-refractivity contribution is 7.37. The average Bonchev–Trinajstić information content (AvgIpc) is 2.93. The van der Waals surface area contributed by atoms with Crippen molar-refractivity contribution in [3.05, 3.63) is 60.7 Å². The SMILES string of the molecule is Cn1c(COO[PH](C)=O)nc(-c2ccccc2)c1-c1ccncc1. The van der Waals surface area contributed by atoms with Gasteiger partial charge in [0.2, 0.25) is 8.03 Å². The molecule has 0 spiro atoms. The summed E-state index contributed by atoms with van der Waals surface area (Å²) < 4.78 is 17.7. The summed E-state index contributed by atoms with van der Waals surface area (Å²) in [6, 6.07) is 13.8. The average molecular weight is 343 g/mol. The van der Waals surface area contributed by atoms with E-state index in [1.807, 2.05) is 54.1 Å². The molecule has 24 heavy (non-hydrogen) atoms. The maximum absolute atomic E-state index is 11.0. The van der Waals surface area contributed by atoms with Crippen molar-refractivity contribution in [1.29, 1.82) is 0 Å². The van der Waals surface area contributed by atoms with E-state index < -0.39 is 8.03 Å². The Hall–Kier alpha value is -2.27. The third kappa shape index (κ3) is 3.62. The summed E-state index contributed by atoms with van der Waals surface area (Å²) in [7, 11) is -0.221. The zero-order valence-electron chi connectivity index (χ0n) is 13.5. The molecule has 7 heteroatoms. The fourth-order valence-corrected chi connectivity index (χ4v) is 2.70. The van der Waals surface area contributed by atoms with Crippen LogP contribution in [0.1, 0.15) is 5.82 Å².